The summed E-state index contributed by atoms with van der Waals surface area (Å²) in [5.74, 6) is 2.63. The van der Waals surface area contributed by atoms with Gasteiger partial charge in [0.2, 0.25) is 5.91 Å². The number of nitrogens with zero attached hydrogens (tertiary/aromatic N) is 1. The van der Waals surface area contributed by atoms with Gasteiger partial charge in [0.25, 0.3) is 0 Å². The van der Waals surface area contributed by atoms with Crippen molar-refractivity contribution in [3.05, 3.63) is 0 Å². The summed E-state index contributed by atoms with van der Waals surface area (Å²) in [5.41, 5.74) is -0.284. The van der Waals surface area contributed by atoms with E-state index in [0.29, 0.717) is 5.91 Å². The van der Waals surface area contributed by atoms with Crippen LogP contribution in [-0.4, -0.2) is 47.5 Å². The van der Waals surface area contributed by atoms with E-state index in [-0.39, 0.29) is 17.9 Å². The van der Waals surface area contributed by atoms with Crippen LogP contribution in [0.2, 0.25) is 0 Å². The first-order valence-electron chi connectivity index (χ1n) is 6.34. The van der Waals surface area contributed by atoms with Crippen LogP contribution in [0.15, 0.2) is 0 Å². The van der Waals surface area contributed by atoms with Gasteiger partial charge in [0, 0.05) is 18.8 Å². The van der Waals surface area contributed by atoms with Crippen molar-refractivity contribution in [2.24, 2.45) is 0 Å². The van der Waals surface area contributed by atoms with Gasteiger partial charge in [0.15, 0.2) is 0 Å². The quantitative estimate of drug-likeness (QED) is 0.795. The molecule has 5 heteroatoms. The fraction of sp³-hybridized carbons (Fsp3) is 0.917. The molecule has 2 heterocycles. The van der Waals surface area contributed by atoms with Crippen LogP contribution >= 0.6 is 24.2 Å². The maximum Gasteiger partial charge on any atom is 0.242 e. The van der Waals surface area contributed by atoms with Crippen LogP contribution in [0.1, 0.15) is 32.6 Å². The van der Waals surface area contributed by atoms with Crippen molar-refractivity contribution in [3.63, 3.8) is 0 Å². The summed E-state index contributed by atoms with van der Waals surface area (Å²) in [7, 11) is 0. The molecule has 1 N–H and O–H groups in total. The molecule has 0 spiro atoms. The Hall–Kier alpha value is 0.0700. The second-order valence-electron chi connectivity index (χ2n) is 4.97. The first-order valence-corrected chi connectivity index (χ1v) is 7.50. The number of rotatable bonds is 1. The second-order valence-corrected chi connectivity index (χ2v) is 6.20. The van der Waals surface area contributed by atoms with Gasteiger partial charge in [-0.1, -0.05) is 0 Å². The molecule has 2 aliphatic rings. The van der Waals surface area contributed by atoms with Gasteiger partial charge in [0.1, 0.15) is 0 Å². The second kappa shape index (κ2) is 6.86. The SMILES string of the molecule is CC1(C(=O)N2CCCSCC2)CCCCN1.Cl. The van der Waals surface area contributed by atoms with Gasteiger partial charge in [0.05, 0.1) is 5.54 Å². The fourth-order valence-corrected chi connectivity index (χ4v) is 3.42. The van der Waals surface area contributed by atoms with Crippen molar-refractivity contribution in [2.75, 3.05) is 31.1 Å². The van der Waals surface area contributed by atoms with E-state index in [2.05, 4.69) is 17.1 Å². The van der Waals surface area contributed by atoms with E-state index in [9.17, 15) is 4.79 Å². The molecule has 0 aliphatic carbocycles. The van der Waals surface area contributed by atoms with E-state index in [1.54, 1.807) is 0 Å². The van der Waals surface area contributed by atoms with Gasteiger partial charge in [-0.25, -0.2) is 0 Å². The minimum absolute atomic E-state index is 0. The number of halogens is 1. The molecule has 2 fully saturated rings. The van der Waals surface area contributed by atoms with Crippen molar-refractivity contribution in [1.82, 2.24) is 10.2 Å². The summed E-state index contributed by atoms with van der Waals surface area (Å²) in [6.07, 6.45) is 4.53. The first kappa shape index (κ1) is 15.1. The summed E-state index contributed by atoms with van der Waals surface area (Å²) in [4.78, 5) is 14.5. The minimum Gasteiger partial charge on any atom is -0.340 e. The Bertz CT molecular complexity index is 249. The first-order chi connectivity index (χ1) is 7.72. The lowest BCUT2D eigenvalue weighted by Gasteiger charge is -2.37. The molecule has 0 aromatic rings. The average Bonchev–Trinajstić information content (AvgIpc) is 2.57. The molecular formula is C12H23ClN2OS. The standard InChI is InChI=1S/C12H22N2OS.ClH/c1-12(5-2-3-6-13-12)11(15)14-7-4-9-16-10-8-14;/h13H,2-10H2,1H3;1H. The Morgan fingerprint density at radius 3 is 2.76 bits per heavy atom. The molecular weight excluding hydrogens is 256 g/mol. The van der Waals surface area contributed by atoms with Crippen LogP contribution in [0, 0.1) is 0 Å². The highest BCUT2D eigenvalue weighted by molar-refractivity contribution is 7.99. The Labute approximate surface area is 114 Å². The van der Waals surface area contributed by atoms with Crippen molar-refractivity contribution >= 4 is 30.1 Å². The maximum atomic E-state index is 12.5. The third-order valence-electron chi connectivity index (χ3n) is 3.60. The topological polar surface area (TPSA) is 32.3 Å². The average molecular weight is 279 g/mol. The molecule has 1 unspecified atom stereocenters. The molecule has 0 radical (unpaired) electrons. The van der Waals surface area contributed by atoms with Crippen LogP contribution in [0.25, 0.3) is 0 Å². The van der Waals surface area contributed by atoms with Gasteiger partial charge >= 0.3 is 0 Å². The highest BCUT2D eigenvalue weighted by atomic mass is 35.5. The molecule has 17 heavy (non-hydrogen) atoms. The Balaban J connectivity index is 0.00000144. The Morgan fingerprint density at radius 2 is 2.06 bits per heavy atom. The Morgan fingerprint density at radius 1 is 1.24 bits per heavy atom. The number of piperidine rings is 1. The fourth-order valence-electron chi connectivity index (χ4n) is 2.54. The van der Waals surface area contributed by atoms with Crippen LogP contribution in [-0.2, 0) is 4.79 Å². The van der Waals surface area contributed by atoms with Crippen molar-refractivity contribution in [3.8, 4) is 0 Å². The van der Waals surface area contributed by atoms with E-state index in [1.807, 2.05) is 11.8 Å². The van der Waals surface area contributed by atoms with Crippen molar-refractivity contribution in [1.29, 1.82) is 0 Å². The lowest BCUT2D eigenvalue weighted by Crippen LogP contribution is -2.58. The van der Waals surface area contributed by atoms with E-state index in [4.69, 9.17) is 0 Å². The Kier molecular flexibility index (Phi) is 6.10. The molecule has 2 saturated heterocycles. The number of thioether (sulfide) groups is 1. The van der Waals surface area contributed by atoms with E-state index in [0.717, 1.165) is 38.2 Å². The summed E-state index contributed by atoms with van der Waals surface area (Å²) >= 11 is 1.97. The van der Waals surface area contributed by atoms with Gasteiger partial charge in [-0.2, -0.15) is 11.8 Å². The van der Waals surface area contributed by atoms with E-state index in [1.165, 1.54) is 18.6 Å². The zero-order chi connectivity index (χ0) is 11.4. The van der Waals surface area contributed by atoms with E-state index < -0.39 is 0 Å². The number of hydrogen-bond donors (Lipinski definition) is 1. The predicted octanol–water partition coefficient (Wildman–Crippen LogP) is 1.91. The van der Waals surface area contributed by atoms with Crippen molar-refractivity contribution < 1.29 is 4.79 Å². The number of nitrogens with one attached hydrogen (secondary N) is 1. The lowest BCUT2D eigenvalue weighted by molar-refractivity contribution is -0.138. The van der Waals surface area contributed by atoms with Crippen LogP contribution < -0.4 is 5.32 Å². The highest BCUT2D eigenvalue weighted by Crippen LogP contribution is 2.22. The van der Waals surface area contributed by atoms with Crippen LogP contribution in [0.3, 0.4) is 0 Å². The molecule has 100 valence electrons. The van der Waals surface area contributed by atoms with Crippen molar-refractivity contribution in [2.45, 2.75) is 38.1 Å². The minimum atomic E-state index is -0.284. The lowest BCUT2D eigenvalue weighted by atomic mass is 9.89. The normalized spacial score (nSPS) is 30.3. The van der Waals surface area contributed by atoms with Gasteiger partial charge in [-0.05, 0) is 44.9 Å². The van der Waals surface area contributed by atoms with Gasteiger partial charge < -0.3 is 10.2 Å². The molecule has 0 aromatic carbocycles. The molecule has 0 saturated carbocycles. The number of carbonyl (C=O) groups is 1. The summed E-state index contributed by atoms with van der Waals surface area (Å²) in [6.45, 7) is 4.95. The molecule has 2 aliphatic heterocycles. The monoisotopic (exact) mass is 278 g/mol. The molecule has 3 nitrogen and oxygen atoms in total. The molecule has 0 aromatic heterocycles. The summed E-state index contributed by atoms with van der Waals surface area (Å²) in [6, 6.07) is 0. The number of hydrogen-bond acceptors (Lipinski definition) is 3. The number of amides is 1. The zero-order valence-corrected chi connectivity index (χ0v) is 12.2. The molecule has 1 atom stereocenters. The van der Waals surface area contributed by atoms with E-state index >= 15 is 0 Å². The van der Waals surface area contributed by atoms with Gasteiger partial charge in [-0.15, -0.1) is 12.4 Å². The molecule has 0 bridgehead atoms. The highest BCUT2D eigenvalue weighted by Gasteiger charge is 2.37. The third-order valence-corrected chi connectivity index (χ3v) is 4.65. The zero-order valence-electron chi connectivity index (χ0n) is 10.5. The molecule has 2 rings (SSSR count). The van der Waals surface area contributed by atoms with Crippen LogP contribution in [0.4, 0.5) is 0 Å². The predicted molar refractivity (Wildman–Crippen MR) is 76.0 cm³/mol. The summed E-state index contributed by atoms with van der Waals surface area (Å²) in [5, 5.41) is 3.41. The van der Waals surface area contributed by atoms with Gasteiger partial charge in [-0.3, -0.25) is 4.79 Å². The largest absolute Gasteiger partial charge is 0.340 e. The third kappa shape index (κ3) is 3.76. The molecule has 1 amide bonds. The van der Waals surface area contributed by atoms with Crippen LogP contribution in [0.5, 0.6) is 0 Å². The summed E-state index contributed by atoms with van der Waals surface area (Å²) < 4.78 is 0. The smallest absolute Gasteiger partial charge is 0.242 e. The number of carbonyl (C=O) groups excluding carboxylic acids is 1. The maximum absolute atomic E-state index is 12.5.